The van der Waals surface area contributed by atoms with E-state index < -0.39 is 5.83 Å². The molecule has 1 heterocycles. The van der Waals surface area contributed by atoms with E-state index in [0.717, 1.165) is 62.7 Å². The molecule has 4 nitrogen and oxygen atoms in total. The number of ether oxygens (including phenoxy) is 1. The van der Waals surface area contributed by atoms with Crippen LogP contribution in [0, 0.1) is 5.92 Å². The lowest BCUT2D eigenvalue weighted by Gasteiger charge is -2.35. The Hall–Kier alpha value is -2.44. The first-order chi connectivity index (χ1) is 17.2. The number of methoxy groups -OCH3 is 1. The first kappa shape index (κ1) is 31.6. The minimum absolute atomic E-state index is 0.147. The summed E-state index contributed by atoms with van der Waals surface area (Å²) in [4.78, 5) is 16.4. The zero-order valence-electron chi connectivity index (χ0n) is 22.1. The SMILES string of the molecule is C=C(F)/C(=C\C=C\F)C/C(Cl)=C\C(=C/CC)CN1CCC(CN(C(=O)OC)/C(C)=C/C=C\CC)CC1. The van der Waals surface area contributed by atoms with E-state index in [0.29, 0.717) is 23.8 Å². The van der Waals surface area contributed by atoms with E-state index in [1.807, 2.05) is 31.2 Å². The minimum Gasteiger partial charge on any atom is -0.452 e. The highest BCUT2D eigenvalue weighted by atomic mass is 35.5. The van der Waals surface area contributed by atoms with Crippen LogP contribution in [-0.2, 0) is 4.74 Å². The third-order valence-corrected chi connectivity index (χ3v) is 6.21. The maximum absolute atomic E-state index is 13.7. The molecule has 36 heavy (non-hydrogen) atoms. The van der Waals surface area contributed by atoms with Gasteiger partial charge in [-0.25, -0.2) is 13.6 Å². The first-order valence-corrected chi connectivity index (χ1v) is 12.9. The molecule has 0 aromatic rings. The van der Waals surface area contributed by atoms with E-state index in [4.69, 9.17) is 16.3 Å². The molecule has 0 N–H and O–H groups in total. The summed E-state index contributed by atoms with van der Waals surface area (Å²) in [5.41, 5.74) is 2.17. The van der Waals surface area contributed by atoms with Crippen molar-refractivity contribution in [2.45, 2.75) is 52.9 Å². The Morgan fingerprint density at radius 3 is 2.44 bits per heavy atom. The zero-order valence-corrected chi connectivity index (χ0v) is 22.9. The summed E-state index contributed by atoms with van der Waals surface area (Å²) >= 11 is 6.42. The Balaban J connectivity index is 2.78. The Kier molecular flexibility index (Phi) is 15.7. The molecule has 0 aromatic heterocycles. The number of hydrogen-bond acceptors (Lipinski definition) is 3. The van der Waals surface area contributed by atoms with Crippen molar-refractivity contribution in [3.63, 3.8) is 0 Å². The van der Waals surface area contributed by atoms with E-state index >= 15 is 0 Å². The second-order valence-corrected chi connectivity index (χ2v) is 9.30. The lowest BCUT2D eigenvalue weighted by molar-refractivity contribution is 0.117. The van der Waals surface area contributed by atoms with Crippen LogP contribution in [0.5, 0.6) is 0 Å². The summed E-state index contributed by atoms with van der Waals surface area (Å²) in [6, 6.07) is 0. The molecule has 1 fully saturated rings. The van der Waals surface area contributed by atoms with Crippen LogP contribution >= 0.6 is 11.6 Å². The number of hydrogen-bond donors (Lipinski definition) is 0. The van der Waals surface area contributed by atoms with Crippen LogP contribution in [-0.4, -0.2) is 49.2 Å². The Morgan fingerprint density at radius 1 is 1.19 bits per heavy atom. The monoisotopic (exact) mass is 522 g/mol. The van der Waals surface area contributed by atoms with Crippen molar-refractivity contribution in [1.29, 1.82) is 0 Å². The molecule has 1 aliphatic rings. The number of carbonyl (C=O) groups excluding carboxylic acids is 1. The van der Waals surface area contributed by atoms with Crippen molar-refractivity contribution in [3.8, 4) is 0 Å². The smallest absolute Gasteiger partial charge is 0.413 e. The van der Waals surface area contributed by atoms with Gasteiger partial charge in [0.1, 0.15) is 5.83 Å². The third-order valence-electron chi connectivity index (χ3n) is 5.97. The fourth-order valence-electron chi connectivity index (χ4n) is 4.01. The lowest BCUT2D eigenvalue weighted by atomic mass is 9.95. The lowest BCUT2D eigenvalue weighted by Crippen LogP contribution is -2.40. The van der Waals surface area contributed by atoms with Crippen LogP contribution in [0.1, 0.15) is 52.9 Å². The van der Waals surface area contributed by atoms with Gasteiger partial charge >= 0.3 is 6.09 Å². The van der Waals surface area contributed by atoms with Crippen LogP contribution in [0.2, 0.25) is 0 Å². The molecule has 0 atom stereocenters. The normalized spacial score (nSPS) is 17.3. The summed E-state index contributed by atoms with van der Waals surface area (Å²) < 4.78 is 31.0. The molecule has 1 amide bonds. The van der Waals surface area contributed by atoms with Crippen molar-refractivity contribution in [3.05, 3.63) is 83.1 Å². The van der Waals surface area contributed by atoms with E-state index in [1.54, 1.807) is 4.90 Å². The second kappa shape index (κ2) is 17.9. The van der Waals surface area contributed by atoms with E-state index in [-0.39, 0.29) is 18.1 Å². The largest absolute Gasteiger partial charge is 0.452 e. The third kappa shape index (κ3) is 12.0. The fraction of sp³-hybridized carbons (Fsp3) is 0.483. The van der Waals surface area contributed by atoms with Gasteiger partial charge in [0.25, 0.3) is 0 Å². The summed E-state index contributed by atoms with van der Waals surface area (Å²) in [5, 5.41) is 0.468. The number of nitrogens with zero attached hydrogens (tertiary/aromatic N) is 2. The molecule has 0 spiro atoms. The molecular formula is C29H41ClF2N2O2. The first-order valence-electron chi connectivity index (χ1n) is 12.5. The Bertz CT molecular complexity index is 895. The number of carbonyl (C=O) groups is 1. The molecule has 0 radical (unpaired) electrons. The number of amides is 1. The van der Waals surface area contributed by atoms with Crippen molar-refractivity contribution < 1.29 is 18.3 Å². The second-order valence-electron chi connectivity index (χ2n) is 8.82. The highest BCUT2D eigenvalue weighted by Gasteiger charge is 2.25. The number of halogens is 3. The Labute approximate surface area is 221 Å². The van der Waals surface area contributed by atoms with Crippen LogP contribution in [0.4, 0.5) is 13.6 Å². The van der Waals surface area contributed by atoms with Crippen LogP contribution in [0.15, 0.2) is 83.1 Å². The predicted molar refractivity (Wildman–Crippen MR) is 147 cm³/mol. The number of likely N-dealkylation sites (tertiary alicyclic amines) is 1. The van der Waals surface area contributed by atoms with Crippen LogP contribution in [0.3, 0.4) is 0 Å². The molecule has 0 bridgehead atoms. The molecule has 1 rings (SSSR count). The Morgan fingerprint density at radius 2 is 1.89 bits per heavy atom. The minimum atomic E-state index is -0.629. The van der Waals surface area contributed by atoms with Crippen LogP contribution in [0.25, 0.3) is 0 Å². The van der Waals surface area contributed by atoms with Crippen molar-refractivity contribution >= 4 is 17.7 Å². The molecule has 0 aromatic carbocycles. The summed E-state index contributed by atoms with van der Waals surface area (Å²) in [6.45, 7) is 12.5. The topological polar surface area (TPSA) is 32.8 Å². The summed E-state index contributed by atoms with van der Waals surface area (Å²) in [6.07, 6.45) is 16.3. The molecule has 1 saturated heterocycles. The molecule has 0 unspecified atom stereocenters. The molecule has 1 aliphatic heterocycles. The molecule has 7 heteroatoms. The maximum Gasteiger partial charge on any atom is 0.413 e. The average molecular weight is 523 g/mol. The van der Waals surface area contributed by atoms with Gasteiger partial charge in [-0.1, -0.05) is 56.3 Å². The molecular weight excluding hydrogens is 482 g/mol. The van der Waals surface area contributed by atoms with Gasteiger partial charge in [-0.05, 0) is 81.0 Å². The van der Waals surface area contributed by atoms with Crippen molar-refractivity contribution in [2.24, 2.45) is 5.92 Å². The highest BCUT2D eigenvalue weighted by Crippen LogP contribution is 2.25. The predicted octanol–water partition coefficient (Wildman–Crippen LogP) is 8.38. The fourth-order valence-corrected chi connectivity index (χ4v) is 4.30. The number of piperidine rings is 1. The van der Waals surface area contributed by atoms with Gasteiger partial charge in [-0.2, -0.15) is 0 Å². The van der Waals surface area contributed by atoms with Gasteiger partial charge in [0.15, 0.2) is 0 Å². The van der Waals surface area contributed by atoms with Gasteiger partial charge in [-0.15, -0.1) is 0 Å². The molecule has 0 saturated carbocycles. The van der Waals surface area contributed by atoms with Crippen molar-refractivity contribution in [1.82, 2.24) is 9.80 Å². The van der Waals surface area contributed by atoms with Gasteiger partial charge in [0, 0.05) is 30.2 Å². The van der Waals surface area contributed by atoms with Gasteiger partial charge < -0.3 is 4.74 Å². The van der Waals surface area contributed by atoms with Gasteiger partial charge in [-0.3, -0.25) is 9.80 Å². The summed E-state index contributed by atoms with van der Waals surface area (Å²) in [5.74, 6) is -0.251. The molecule has 0 aliphatic carbocycles. The summed E-state index contributed by atoms with van der Waals surface area (Å²) in [7, 11) is 1.41. The van der Waals surface area contributed by atoms with E-state index in [2.05, 4.69) is 31.4 Å². The highest BCUT2D eigenvalue weighted by molar-refractivity contribution is 6.30. The quantitative estimate of drug-likeness (QED) is 0.228. The number of rotatable bonds is 13. The van der Waals surface area contributed by atoms with Gasteiger partial charge in [0.2, 0.25) is 0 Å². The van der Waals surface area contributed by atoms with E-state index in [1.165, 1.54) is 13.2 Å². The van der Waals surface area contributed by atoms with Crippen molar-refractivity contribution in [2.75, 3.05) is 33.3 Å². The zero-order chi connectivity index (χ0) is 26.9. The van der Waals surface area contributed by atoms with E-state index in [9.17, 15) is 13.6 Å². The average Bonchev–Trinajstić information content (AvgIpc) is 2.85. The van der Waals surface area contributed by atoms with Crippen LogP contribution < -0.4 is 0 Å². The maximum atomic E-state index is 13.7. The standard InChI is InChI=1S/C29H41ClF2N2O2/c1-6-8-9-12-23(3)34(29(35)36-5)22-25-14-17-33(18-15-25)21-26(11-7-2)19-28(30)20-27(24(4)32)13-10-16-31/h8-13,16,19,25H,4,6-7,14-15,17-18,20-22H2,1-3,5H3/b9-8-,16-10+,23-12+,26-11+,27-13-,28-19+. The number of allylic oxidation sites excluding steroid dienone is 10. The van der Waals surface area contributed by atoms with Gasteiger partial charge in [0.05, 0.1) is 13.4 Å². The molecule has 200 valence electrons.